The minimum atomic E-state index is -4.90. The van der Waals surface area contributed by atoms with Gasteiger partial charge < -0.3 is 14.9 Å². The molecular weight excluding hydrogens is 578 g/mol. The summed E-state index contributed by atoms with van der Waals surface area (Å²) in [5, 5.41) is 2.33. The maximum absolute atomic E-state index is 13.4. The average molecular weight is 613 g/mol. The summed E-state index contributed by atoms with van der Waals surface area (Å²) in [6.07, 6.45) is 1.41. The Kier molecular flexibility index (Phi) is 8.35. The van der Waals surface area contributed by atoms with Crippen molar-refractivity contribution in [2.75, 3.05) is 12.0 Å². The smallest absolute Gasteiger partial charge is 0.556 e. The molecule has 0 spiro atoms. The van der Waals surface area contributed by atoms with E-state index >= 15 is 0 Å². The number of allylic oxidation sites excluding steroid dienone is 1. The van der Waals surface area contributed by atoms with Crippen molar-refractivity contribution in [3.05, 3.63) is 84.6 Å². The van der Waals surface area contributed by atoms with Crippen molar-refractivity contribution in [2.24, 2.45) is 17.8 Å². The Labute approximate surface area is 249 Å². The first-order chi connectivity index (χ1) is 19.8. The fourth-order valence-electron chi connectivity index (χ4n) is 6.53. The van der Waals surface area contributed by atoms with Crippen molar-refractivity contribution in [1.29, 1.82) is 0 Å². The number of carbonyl (C=O) groups excluding carboxylic acids is 1. The van der Waals surface area contributed by atoms with Gasteiger partial charge in [0.25, 0.3) is 0 Å². The van der Waals surface area contributed by atoms with E-state index in [1.807, 2.05) is 12.1 Å². The van der Waals surface area contributed by atoms with Crippen LogP contribution in [0.25, 0.3) is 4.91 Å². The van der Waals surface area contributed by atoms with Crippen molar-refractivity contribution in [1.82, 2.24) is 4.98 Å². The van der Waals surface area contributed by atoms with Gasteiger partial charge in [0.05, 0.1) is 8.32 Å². The molecule has 2 unspecified atom stereocenters. The number of carbonyl (C=O) groups is 1. The van der Waals surface area contributed by atoms with Crippen LogP contribution in [0.3, 0.4) is 0 Å². The lowest BCUT2D eigenvalue weighted by Gasteiger charge is -2.57. The van der Waals surface area contributed by atoms with Gasteiger partial charge in [-0.15, -0.1) is 30.0 Å². The number of hydrogen-bond acceptors (Lipinski definition) is 6. The Bertz CT molecular complexity index is 1410. The molecule has 3 aromatic rings. The van der Waals surface area contributed by atoms with Crippen LogP contribution < -0.4 is 20.8 Å². The molecule has 42 heavy (non-hydrogen) atoms. The van der Waals surface area contributed by atoms with Crippen LogP contribution in [0.1, 0.15) is 39.2 Å². The molecule has 0 aliphatic heterocycles. The number of nitrogens with two attached hydrogens (primary N) is 1. The molecular formula is C32H35F3N2O3SSi-. The number of rotatable bonds is 9. The molecule has 1 aromatic heterocycles. The number of thioether (sulfide) groups is 1. The van der Waals surface area contributed by atoms with Crippen molar-refractivity contribution < 1.29 is 27.1 Å². The second kappa shape index (κ2) is 11.5. The number of halogens is 3. The number of fused-ring (bicyclic) bond motifs is 1. The third-order valence-corrected chi connectivity index (χ3v) is 14.3. The number of nitrogen functional groups attached to an aromatic ring is 1. The molecule has 10 heteroatoms. The van der Waals surface area contributed by atoms with Crippen molar-refractivity contribution in [2.45, 2.75) is 51.1 Å². The van der Waals surface area contributed by atoms with Crippen molar-refractivity contribution in [3.8, 4) is 5.75 Å². The van der Waals surface area contributed by atoms with E-state index in [0.717, 1.165) is 12.8 Å². The topological polar surface area (TPSA) is 74.4 Å². The number of ketones is 1. The highest BCUT2D eigenvalue weighted by Gasteiger charge is 2.59. The van der Waals surface area contributed by atoms with Gasteiger partial charge in [-0.2, -0.15) is 10.4 Å². The van der Waals surface area contributed by atoms with Gasteiger partial charge in [0.1, 0.15) is 0 Å². The van der Waals surface area contributed by atoms with Crippen LogP contribution in [-0.2, 0) is 9.22 Å². The number of alkyl halides is 3. The lowest BCUT2D eigenvalue weighted by molar-refractivity contribution is -0.274. The molecule has 2 aliphatic rings. The largest absolute Gasteiger partial charge is 0.573 e. The predicted octanol–water partition coefficient (Wildman–Crippen LogP) is 6.44. The zero-order valence-electron chi connectivity index (χ0n) is 24.0. The van der Waals surface area contributed by atoms with E-state index in [1.54, 1.807) is 6.26 Å². The zero-order chi connectivity index (χ0) is 30.3. The fraction of sp³-hybridized carbons (Fsp3) is 0.375. The molecule has 2 fully saturated rings. The Hall–Kier alpha value is -3.08. The van der Waals surface area contributed by atoms with E-state index in [4.69, 9.17) is 10.2 Å². The molecule has 5 rings (SSSR count). The standard InChI is InChI=1S/C32H35F3N2O3SSi/c1-31(2,3)42(22-11-7-5-8-12-22,23-13-9-6-10-14-23)40-21-16-24-25(17-21)29(24)26(38)18-28(41-4)20-15-27(30(36)37-19-20)39-32(33,34)35/h5-15,18-19,21,24-25,29H,16-17H2,1-4H3,(H2,36,37)/q-1/b28-18+. The van der Waals surface area contributed by atoms with Gasteiger partial charge >= 0.3 is 6.36 Å². The lowest BCUT2D eigenvalue weighted by Crippen LogP contribution is -2.67. The number of ether oxygens (including phenoxy) is 1. The van der Waals surface area contributed by atoms with E-state index in [1.165, 1.54) is 40.5 Å². The summed E-state index contributed by atoms with van der Waals surface area (Å²) in [7, 11) is -2.69. The number of benzene rings is 2. The molecule has 2 aromatic carbocycles. The van der Waals surface area contributed by atoms with Crippen LogP contribution in [0.15, 0.2) is 79.0 Å². The van der Waals surface area contributed by atoms with E-state index in [9.17, 15) is 18.0 Å². The molecule has 0 saturated heterocycles. The van der Waals surface area contributed by atoms with Crippen LogP contribution in [0, 0.1) is 17.8 Å². The van der Waals surface area contributed by atoms with Crippen LogP contribution >= 0.6 is 11.8 Å². The molecule has 0 bridgehead atoms. The normalized spacial score (nSPS) is 22.5. The number of pyridine rings is 1. The number of hydrogen-bond donors (Lipinski definition) is 1. The SMILES string of the molecule is CS/C(=C/C(=O)C1C2CC(O[Si-](c3ccccc3)(c3ccccc3)C(C)(C)C)CC21)c1cnc(N)c(OC(F)(F)F)c1. The molecule has 5 nitrogen and oxygen atoms in total. The van der Waals surface area contributed by atoms with Gasteiger partial charge in [-0.1, -0.05) is 81.4 Å². The minimum Gasteiger partial charge on any atom is -0.556 e. The molecule has 2 saturated carbocycles. The summed E-state index contributed by atoms with van der Waals surface area (Å²) < 4.78 is 49.7. The monoisotopic (exact) mass is 612 g/mol. The second-order valence-corrected chi connectivity index (χ2v) is 17.1. The lowest BCUT2D eigenvalue weighted by atomic mass is 10.1. The Balaban J connectivity index is 1.34. The molecule has 0 amide bonds. The van der Waals surface area contributed by atoms with E-state index in [2.05, 4.69) is 79.0 Å². The highest BCUT2D eigenvalue weighted by molar-refractivity contribution is 8.07. The Morgan fingerprint density at radius 2 is 1.55 bits per heavy atom. The number of anilines is 1. The molecule has 2 atom stereocenters. The number of nitrogens with zero attached hydrogens (tertiary/aromatic N) is 1. The third-order valence-electron chi connectivity index (χ3n) is 8.38. The van der Waals surface area contributed by atoms with E-state index < -0.39 is 20.4 Å². The maximum atomic E-state index is 13.4. The van der Waals surface area contributed by atoms with Gasteiger partial charge in [0.15, 0.2) is 17.4 Å². The Morgan fingerprint density at radius 3 is 2.02 bits per heavy atom. The maximum Gasteiger partial charge on any atom is 0.573 e. The van der Waals surface area contributed by atoms with Crippen LogP contribution in [0.4, 0.5) is 19.0 Å². The first kappa shape index (κ1) is 30.4. The fourth-order valence-corrected chi connectivity index (χ4v) is 11.8. The summed E-state index contributed by atoms with van der Waals surface area (Å²) in [4.78, 5) is 17.7. The first-order valence-electron chi connectivity index (χ1n) is 13.9. The summed E-state index contributed by atoms with van der Waals surface area (Å²) >= 11 is 1.27. The predicted molar refractivity (Wildman–Crippen MR) is 164 cm³/mol. The van der Waals surface area contributed by atoms with Gasteiger partial charge in [0, 0.05) is 28.7 Å². The molecule has 2 N–H and O–H groups in total. The second-order valence-electron chi connectivity index (χ2n) is 12.0. The van der Waals surface area contributed by atoms with Crippen LogP contribution in [-0.4, -0.2) is 37.8 Å². The van der Waals surface area contributed by atoms with Crippen molar-refractivity contribution in [3.63, 3.8) is 0 Å². The summed E-state index contributed by atoms with van der Waals surface area (Å²) in [6.45, 7) is 6.77. The van der Waals surface area contributed by atoms with Crippen LogP contribution in [0.2, 0.25) is 5.04 Å². The first-order valence-corrected chi connectivity index (χ1v) is 17.1. The summed E-state index contributed by atoms with van der Waals surface area (Å²) in [6, 6.07) is 22.2. The molecule has 223 valence electrons. The van der Waals surface area contributed by atoms with E-state index in [-0.39, 0.29) is 40.5 Å². The van der Waals surface area contributed by atoms with Crippen LogP contribution in [0.5, 0.6) is 5.75 Å². The number of aromatic nitrogens is 1. The quantitative estimate of drug-likeness (QED) is 0.222. The Morgan fingerprint density at radius 1 is 1.00 bits per heavy atom. The average Bonchev–Trinajstić information content (AvgIpc) is 3.45. The summed E-state index contributed by atoms with van der Waals surface area (Å²) in [5.74, 6) is -0.625. The third kappa shape index (κ3) is 6.02. The highest BCUT2D eigenvalue weighted by atomic mass is 32.2. The summed E-state index contributed by atoms with van der Waals surface area (Å²) in [5.41, 5.74) is 5.93. The van der Waals surface area contributed by atoms with Gasteiger partial charge in [-0.05, 0) is 43.1 Å². The zero-order valence-corrected chi connectivity index (χ0v) is 25.8. The minimum absolute atomic E-state index is 0.0200. The van der Waals surface area contributed by atoms with Gasteiger partial charge in [-0.3, -0.25) is 4.79 Å². The molecule has 2 aliphatic carbocycles. The molecule has 1 heterocycles. The van der Waals surface area contributed by atoms with E-state index in [0.29, 0.717) is 10.5 Å². The molecule has 0 radical (unpaired) electrons. The van der Waals surface area contributed by atoms with Crippen molar-refractivity contribution >= 4 is 47.0 Å². The highest BCUT2D eigenvalue weighted by Crippen LogP contribution is 2.59. The van der Waals surface area contributed by atoms with Gasteiger partial charge in [0.2, 0.25) is 0 Å². The van der Waals surface area contributed by atoms with Gasteiger partial charge in [-0.25, -0.2) is 4.98 Å².